The molecule has 150 valence electrons. The molecule has 0 saturated carbocycles. The van der Waals surface area contributed by atoms with Crippen molar-refractivity contribution in [3.8, 4) is 17.1 Å². The molecule has 0 spiro atoms. The van der Waals surface area contributed by atoms with Crippen molar-refractivity contribution >= 4 is 23.4 Å². The summed E-state index contributed by atoms with van der Waals surface area (Å²) in [5, 5.41) is 9.23. The van der Waals surface area contributed by atoms with Crippen LogP contribution in [-0.4, -0.2) is 26.8 Å². The fraction of sp³-hybridized carbons (Fsp3) is 0.333. The first-order valence-electron chi connectivity index (χ1n) is 9.58. The SMILES string of the molecule is CCCCSc1nnc2c(n1)OC(c1ccc(C)o1)N(C(C)=O)c1ccccc1-2. The lowest BCUT2D eigenvalue weighted by Gasteiger charge is -2.28. The van der Waals surface area contributed by atoms with Gasteiger partial charge in [0.05, 0.1) is 5.69 Å². The van der Waals surface area contributed by atoms with Crippen molar-refractivity contribution in [1.82, 2.24) is 15.2 Å². The fourth-order valence-corrected chi connectivity index (χ4v) is 4.05. The van der Waals surface area contributed by atoms with E-state index in [0.29, 0.717) is 28.2 Å². The molecule has 3 aromatic rings. The number of thioether (sulfide) groups is 1. The number of anilines is 1. The van der Waals surface area contributed by atoms with Crippen molar-refractivity contribution in [2.45, 2.75) is 45.0 Å². The highest BCUT2D eigenvalue weighted by Gasteiger charge is 2.36. The summed E-state index contributed by atoms with van der Waals surface area (Å²) in [6, 6.07) is 11.2. The second-order valence-corrected chi connectivity index (χ2v) is 7.84. The van der Waals surface area contributed by atoms with Gasteiger partial charge in [-0.1, -0.05) is 43.3 Å². The molecule has 8 heteroatoms. The van der Waals surface area contributed by atoms with Crippen molar-refractivity contribution in [2.75, 3.05) is 10.7 Å². The molecule has 0 bridgehead atoms. The first kappa shape index (κ1) is 19.4. The predicted octanol–water partition coefficient (Wildman–Crippen LogP) is 4.78. The van der Waals surface area contributed by atoms with Crippen LogP contribution in [0.5, 0.6) is 5.88 Å². The lowest BCUT2D eigenvalue weighted by molar-refractivity contribution is -0.118. The Morgan fingerprint density at radius 2 is 2.03 bits per heavy atom. The topological polar surface area (TPSA) is 81.3 Å². The molecule has 0 N–H and O–H groups in total. The smallest absolute Gasteiger partial charge is 0.247 e. The molecule has 1 aromatic carbocycles. The van der Waals surface area contributed by atoms with E-state index in [2.05, 4.69) is 22.1 Å². The van der Waals surface area contributed by atoms with Gasteiger partial charge in [-0.3, -0.25) is 9.69 Å². The van der Waals surface area contributed by atoms with Gasteiger partial charge in [-0.15, -0.1) is 10.2 Å². The maximum absolute atomic E-state index is 12.6. The van der Waals surface area contributed by atoms with Crippen LogP contribution < -0.4 is 9.64 Å². The lowest BCUT2D eigenvalue weighted by atomic mass is 10.1. The lowest BCUT2D eigenvalue weighted by Crippen LogP contribution is -2.35. The molecule has 1 unspecified atom stereocenters. The van der Waals surface area contributed by atoms with E-state index in [9.17, 15) is 4.79 Å². The summed E-state index contributed by atoms with van der Waals surface area (Å²) >= 11 is 1.55. The van der Waals surface area contributed by atoms with Crippen LogP contribution in [0.4, 0.5) is 5.69 Å². The van der Waals surface area contributed by atoms with Gasteiger partial charge in [0.15, 0.2) is 11.5 Å². The molecule has 3 heterocycles. The van der Waals surface area contributed by atoms with E-state index in [1.807, 2.05) is 43.3 Å². The number of aryl methyl sites for hydroxylation is 1. The van der Waals surface area contributed by atoms with Crippen molar-refractivity contribution in [2.24, 2.45) is 0 Å². The number of furan rings is 1. The number of carbonyl (C=O) groups excluding carboxylic acids is 1. The Hall–Kier alpha value is -2.87. The number of benzene rings is 1. The summed E-state index contributed by atoms with van der Waals surface area (Å²) in [6.45, 7) is 5.50. The molecule has 1 atom stereocenters. The van der Waals surface area contributed by atoms with E-state index in [1.165, 1.54) is 6.92 Å². The third kappa shape index (κ3) is 3.85. The molecule has 1 aliphatic heterocycles. The third-order valence-corrected chi connectivity index (χ3v) is 5.51. The van der Waals surface area contributed by atoms with Crippen LogP contribution in [0.2, 0.25) is 0 Å². The molecular formula is C21H22N4O3S. The Balaban J connectivity index is 1.84. The van der Waals surface area contributed by atoms with E-state index < -0.39 is 6.23 Å². The van der Waals surface area contributed by atoms with Gasteiger partial charge in [0.25, 0.3) is 0 Å². The van der Waals surface area contributed by atoms with Gasteiger partial charge in [-0.2, -0.15) is 4.98 Å². The van der Waals surface area contributed by atoms with Crippen LogP contribution in [0.25, 0.3) is 11.3 Å². The van der Waals surface area contributed by atoms with E-state index in [0.717, 1.165) is 29.9 Å². The zero-order valence-corrected chi connectivity index (χ0v) is 17.4. The van der Waals surface area contributed by atoms with E-state index in [-0.39, 0.29) is 5.91 Å². The van der Waals surface area contributed by atoms with Crippen molar-refractivity contribution in [1.29, 1.82) is 0 Å². The maximum atomic E-state index is 12.6. The van der Waals surface area contributed by atoms with Gasteiger partial charge >= 0.3 is 0 Å². The Kier molecular flexibility index (Phi) is 5.53. The zero-order valence-electron chi connectivity index (χ0n) is 16.6. The first-order chi connectivity index (χ1) is 14.1. The molecule has 7 nitrogen and oxygen atoms in total. The molecule has 1 aliphatic rings. The number of unbranched alkanes of at least 4 members (excludes halogenated alkanes) is 1. The van der Waals surface area contributed by atoms with Crippen molar-refractivity contribution in [3.63, 3.8) is 0 Å². The molecule has 4 rings (SSSR count). The summed E-state index contributed by atoms with van der Waals surface area (Å²) in [4.78, 5) is 18.8. The highest BCUT2D eigenvalue weighted by atomic mass is 32.2. The van der Waals surface area contributed by atoms with Crippen LogP contribution in [0.3, 0.4) is 0 Å². The zero-order chi connectivity index (χ0) is 20.4. The second-order valence-electron chi connectivity index (χ2n) is 6.77. The monoisotopic (exact) mass is 410 g/mol. The van der Waals surface area contributed by atoms with Crippen LogP contribution in [0.1, 0.15) is 44.4 Å². The van der Waals surface area contributed by atoms with Crippen LogP contribution in [0, 0.1) is 6.92 Å². The predicted molar refractivity (Wildman–Crippen MR) is 111 cm³/mol. The first-order valence-corrected chi connectivity index (χ1v) is 10.6. The summed E-state index contributed by atoms with van der Waals surface area (Å²) in [5.74, 6) is 2.35. The highest BCUT2D eigenvalue weighted by molar-refractivity contribution is 7.99. The number of aromatic nitrogens is 3. The van der Waals surface area contributed by atoms with Crippen LogP contribution in [0.15, 0.2) is 46.0 Å². The Labute approximate surface area is 173 Å². The molecule has 0 fully saturated rings. The molecule has 0 saturated heterocycles. The number of para-hydroxylation sites is 1. The minimum atomic E-state index is -0.784. The van der Waals surface area contributed by atoms with Gasteiger partial charge in [0, 0.05) is 18.2 Å². The third-order valence-electron chi connectivity index (χ3n) is 4.58. The van der Waals surface area contributed by atoms with E-state index in [1.54, 1.807) is 16.7 Å². The molecule has 2 aromatic heterocycles. The van der Waals surface area contributed by atoms with Crippen LogP contribution in [-0.2, 0) is 4.79 Å². The molecule has 1 amide bonds. The quantitative estimate of drug-likeness (QED) is 0.442. The Bertz CT molecular complexity index is 1040. The average molecular weight is 410 g/mol. The van der Waals surface area contributed by atoms with E-state index >= 15 is 0 Å². The molecule has 0 aliphatic carbocycles. The normalized spacial score (nSPS) is 15.3. The van der Waals surface area contributed by atoms with Gasteiger partial charge in [-0.25, -0.2) is 0 Å². The summed E-state index contributed by atoms with van der Waals surface area (Å²) < 4.78 is 12.1. The number of fused-ring (bicyclic) bond motifs is 3. The largest absolute Gasteiger partial charge is 0.460 e. The summed E-state index contributed by atoms with van der Waals surface area (Å²) in [6.07, 6.45) is 1.39. The highest BCUT2D eigenvalue weighted by Crippen LogP contribution is 2.43. The molecular weight excluding hydrogens is 388 g/mol. The number of rotatable bonds is 5. The number of hydrogen-bond donors (Lipinski definition) is 0. The van der Waals surface area contributed by atoms with E-state index in [4.69, 9.17) is 9.15 Å². The fourth-order valence-electron chi connectivity index (χ4n) is 3.19. The van der Waals surface area contributed by atoms with Gasteiger partial charge < -0.3 is 9.15 Å². The number of hydrogen-bond acceptors (Lipinski definition) is 7. The standard InChI is InChI=1S/C21H22N4O3S/c1-4-5-12-29-21-22-19-18(23-24-21)15-8-6-7-9-16(15)25(14(3)26)20(28-19)17-11-10-13(2)27-17/h6-11,20H,4-5,12H2,1-3H3. The van der Waals surface area contributed by atoms with Crippen molar-refractivity contribution in [3.05, 3.63) is 47.9 Å². The number of nitrogens with zero attached hydrogens (tertiary/aromatic N) is 4. The maximum Gasteiger partial charge on any atom is 0.247 e. The minimum absolute atomic E-state index is 0.171. The second kappa shape index (κ2) is 8.24. The van der Waals surface area contributed by atoms with Gasteiger partial charge in [0.2, 0.25) is 23.2 Å². The van der Waals surface area contributed by atoms with Gasteiger partial charge in [-0.05, 0) is 31.5 Å². The number of ether oxygens (including phenoxy) is 1. The summed E-state index contributed by atoms with van der Waals surface area (Å²) in [7, 11) is 0. The molecule has 29 heavy (non-hydrogen) atoms. The van der Waals surface area contributed by atoms with Gasteiger partial charge in [0.1, 0.15) is 5.76 Å². The average Bonchev–Trinajstić information content (AvgIpc) is 3.08. The number of carbonyl (C=O) groups is 1. The van der Waals surface area contributed by atoms with Crippen molar-refractivity contribution < 1.29 is 13.9 Å². The number of amides is 1. The summed E-state index contributed by atoms with van der Waals surface area (Å²) in [5.41, 5.74) is 1.94. The minimum Gasteiger partial charge on any atom is -0.460 e. The van der Waals surface area contributed by atoms with Crippen LogP contribution >= 0.6 is 11.8 Å². The molecule has 0 radical (unpaired) electrons. The Morgan fingerprint density at radius 3 is 2.76 bits per heavy atom. The Morgan fingerprint density at radius 1 is 1.21 bits per heavy atom.